The maximum Gasteiger partial charge on any atom is 0.278 e. The standard InChI is InChI=1S/C22H41ClN2O4S/c1-8-9-15-10-16(25(6,11-15)12(2)3)21(28)24-17(14(5)23)20-19(27)18(26)13(4)22(29-20)30-7/h12-20,22,26-27H,8-11H2,1-7H3/p+1/t13-,14+,15-,16+,17?,18-,19-,20-,22-,25?/m1/s1. The number of likely N-dealkylation sites (N-methyl/N-ethyl adjacent to an activating group) is 1. The van der Waals surface area contributed by atoms with Crippen LogP contribution in [0.4, 0.5) is 0 Å². The van der Waals surface area contributed by atoms with Crippen LogP contribution in [0.25, 0.3) is 0 Å². The normalized spacial score (nSPS) is 41.6. The van der Waals surface area contributed by atoms with Crippen LogP contribution in [-0.4, -0.2) is 87.7 Å². The summed E-state index contributed by atoms with van der Waals surface area (Å²) in [4.78, 5) is 13.5. The molecule has 6 nitrogen and oxygen atoms in total. The van der Waals surface area contributed by atoms with Crippen LogP contribution in [0, 0.1) is 11.8 Å². The summed E-state index contributed by atoms with van der Waals surface area (Å²) in [7, 11) is 2.17. The number of alkyl halides is 1. The first-order valence-electron chi connectivity index (χ1n) is 11.3. The van der Waals surface area contributed by atoms with Crippen molar-refractivity contribution in [3.05, 3.63) is 0 Å². The quantitative estimate of drug-likeness (QED) is 0.379. The fourth-order valence-electron chi connectivity index (χ4n) is 5.19. The third kappa shape index (κ3) is 5.29. The van der Waals surface area contributed by atoms with E-state index < -0.39 is 29.7 Å². The number of ether oxygens (including phenoxy) is 1. The lowest BCUT2D eigenvalue weighted by molar-refractivity contribution is -0.933. The number of aliphatic hydroxyl groups excluding tert-OH is 2. The van der Waals surface area contributed by atoms with E-state index in [2.05, 4.69) is 33.1 Å². The molecule has 0 aliphatic carbocycles. The molecular weight excluding hydrogens is 424 g/mol. The highest BCUT2D eigenvalue weighted by molar-refractivity contribution is 7.99. The molecule has 1 amide bonds. The summed E-state index contributed by atoms with van der Waals surface area (Å²) in [5.41, 5.74) is -0.264. The van der Waals surface area contributed by atoms with E-state index in [-0.39, 0.29) is 23.3 Å². The molecular formula is C22H42ClN2O4S+. The van der Waals surface area contributed by atoms with Gasteiger partial charge in [-0.15, -0.1) is 23.4 Å². The molecule has 30 heavy (non-hydrogen) atoms. The first kappa shape index (κ1) is 26.2. The number of halogens is 1. The number of rotatable bonds is 8. The zero-order chi connectivity index (χ0) is 22.8. The van der Waals surface area contributed by atoms with Gasteiger partial charge in [-0.2, -0.15) is 0 Å². The van der Waals surface area contributed by atoms with Crippen LogP contribution in [0.3, 0.4) is 0 Å². The number of hydrogen-bond donors (Lipinski definition) is 3. The Hall–Kier alpha value is -0.0500. The minimum Gasteiger partial charge on any atom is -0.390 e. The number of aliphatic hydroxyl groups is 2. The van der Waals surface area contributed by atoms with Gasteiger partial charge in [0.1, 0.15) is 17.6 Å². The van der Waals surface area contributed by atoms with Crippen LogP contribution in [0.5, 0.6) is 0 Å². The van der Waals surface area contributed by atoms with Gasteiger partial charge in [0, 0.05) is 18.3 Å². The number of likely N-dealkylation sites (tertiary alicyclic amines) is 1. The second-order valence-corrected chi connectivity index (χ2v) is 11.4. The fourth-order valence-corrected chi connectivity index (χ4v) is 6.23. The largest absolute Gasteiger partial charge is 0.390 e. The number of amides is 1. The maximum absolute atomic E-state index is 13.5. The van der Waals surface area contributed by atoms with Crippen molar-refractivity contribution in [2.24, 2.45) is 11.8 Å². The van der Waals surface area contributed by atoms with Crippen molar-refractivity contribution in [1.82, 2.24) is 5.32 Å². The van der Waals surface area contributed by atoms with Gasteiger partial charge < -0.3 is 24.7 Å². The maximum atomic E-state index is 13.5. The summed E-state index contributed by atoms with van der Waals surface area (Å²) >= 11 is 7.97. The van der Waals surface area contributed by atoms with Gasteiger partial charge in [-0.3, -0.25) is 4.79 Å². The third-order valence-electron chi connectivity index (χ3n) is 7.44. The van der Waals surface area contributed by atoms with Crippen LogP contribution < -0.4 is 5.32 Å². The van der Waals surface area contributed by atoms with Crippen molar-refractivity contribution in [1.29, 1.82) is 0 Å². The number of thioether (sulfide) groups is 1. The van der Waals surface area contributed by atoms with Crippen LogP contribution >= 0.6 is 23.4 Å². The summed E-state index contributed by atoms with van der Waals surface area (Å²) in [6.07, 6.45) is 2.24. The smallest absolute Gasteiger partial charge is 0.278 e. The van der Waals surface area contributed by atoms with E-state index in [0.717, 1.165) is 25.8 Å². The van der Waals surface area contributed by atoms with Gasteiger partial charge in [-0.05, 0) is 33.4 Å². The molecule has 0 aromatic heterocycles. The van der Waals surface area contributed by atoms with Gasteiger partial charge in [0.2, 0.25) is 0 Å². The molecule has 8 heteroatoms. The monoisotopic (exact) mass is 465 g/mol. The van der Waals surface area contributed by atoms with E-state index in [1.807, 2.05) is 13.2 Å². The molecule has 0 bridgehead atoms. The molecule has 2 unspecified atom stereocenters. The topological polar surface area (TPSA) is 78.8 Å². The van der Waals surface area contributed by atoms with E-state index in [1.165, 1.54) is 11.8 Å². The lowest BCUT2D eigenvalue weighted by atomic mass is 9.89. The zero-order valence-electron chi connectivity index (χ0n) is 19.5. The van der Waals surface area contributed by atoms with E-state index in [0.29, 0.717) is 16.4 Å². The highest BCUT2D eigenvalue weighted by Crippen LogP contribution is 2.36. The second-order valence-electron chi connectivity index (χ2n) is 9.79. The van der Waals surface area contributed by atoms with Gasteiger partial charge in [0.25, 0.3) is 5.91 Å². The summed E-state index contributed by atoms with van der Waals surface area (Å²) in [6.45, 7) is 11.2. The first-order valence-corrected chi connectivity index (χ1v) is 13.0. The molecule has 0 aromatic carbocycles. The Labute approximate surface area is 191 Å². The third-order valence-corrected chi connectivity index (χ3v) is 8.71. The Kier molecular flexibility index (Phi) is 9.36. The van der Waals surface area contributed by atoms with Gasteiger partial charge >= 0.3 is 0 Å². The van der Waals surface area contributed by atoms with Crippen LogP contribution in [0.2, 0.25) is 0 Å². The average Bonchev–Trinajstić information content (AvgIpc) is 3.03. The summed E-state index contributed by atoms with van der Waals surface area (Å²) in [5.74, 6) is 0.288. The van der Waals surface area contributed by atoms with Gasteiger partial charge in [-0.1, -0.05) is 20.3 Å². The lowest BCUT2D eigenvalue weighted by Gasteiger charge is -2.45. The number of carbonyl (C=O) groups is 1. The Bertz CT molecular complexity index is 579. The van der Waals surface area contributed by atoms with Crippen molar-refractivity contribution in [2.45, 2.75) is 101 Å². The minimum atomic E-state index is -1.10. The first-order chi connectivity index (χ1) is 14.0. The Morgan fingerprint density at radius 2 is 1.93 bits per heavy atom. The highest BCUT2D eigenvalue weighted by atomic mass is 35.5. The van der Waals surface area contributed by atoms with Crippen LogP contribution in [-0.2, 0) is 9.53 Å². The summed E-state index contributed by atoms with van der Waals surface area (Å²) in [5, 5.41) is 23.9. The van der Waals surface area contributed by atoms with Crippen LogP contribution in [0.15, 0.2) is 0 Å². The van der Waals surface area contributed by atoms with E-state index in [1.54, 1.807) is 6.92 Å². The number of nitrogens with one attached hydrogen (secondary N) is 1. The Balaban J connectivity index is 2.22. The molecule has 10 atom stereocenters. The molecule has 176 valence electrons. The Morgan fingerprint density at radius 3 is 2.43 bits per heavy atom. The molecule has 2 fully saturated rings. The van der Waals surface area contributed by atoms with E-state index in [9.17, 15) is 15.0 Å². The average molecular weight is 466 g/mol. The second kappa shape index (κ2) is 10.7. The number of hydrogen-bond acceptors (Lipinski definition) is 5. The molecule has 2 saturated heterocycles. The van der Waals surface area contributed by atoms with Crippen LogP contribution in [0.1, 0.15) is 53.9 Å². The minimum absolute atomic E-state index is 0.0353. The number of nitrogens with zero attached hydrogens (tertiary/aromatic N) is 1. The van der Waals surface area contributed by atoms with Gasteiger partial charge in [0.15, 0.2) is 6.04 Å². The van der Waals surface area contributed by atoms with E-state index in [4.69, 9.17) is 16.3 Å². The molecule has 2 heterocycles. The lowest BCUT2D eigenvalue weighted by Crippen LogP contribution is -2.65. The fraction of sp³-hybridized carbons (Fsp3) is 0.955. The molecule has 0 spiro atoms. The van der Waals surface area contributed by atoms with Crippen molar-refractivity contribution >= 4 is 29.3 Å². The van der Waals surface area contributed by atoms with Crippen molar-refractivity contribution in [3.8, 4) is 0 Å². The van der Waals surface area contributed by atoms with Gasteiger partial charge in [-0.25, -0.2) is 0 Å². The zero-order valence-corrected chi connectivity index (χ0v) is 21.1. The number of carbonyl (C=O) groups excluding carboxylic acids is 1. The molecule has 2 aliphatic heterocycles. The summed E-state index contributed by atoms with van der Waals surface area (Å²) in [6, 6.07) is -0.410. The van der Waals surface area contributed by atoms with Crippen molar-refractivity contribution < 1.29 is 24.2 Å². The Morgan fingerprint density at radius 1 is 1.30 bits per heavy atom. The molecule has 3 N–H and O–H groups in total. The van der Waals surface area contributed by atoms with Crippen molar-refractivity contribution in [3.63, 3.8) is 0 Å². The summed E-state index contributed by atoms with van der Waals surface area (Å²) < 4.78 is 6.83. The van der Waals surface area contributed by atoms with Gasteiger partial charge in [0.05, 0.1) is 37.2 Å². The molecule has 2 aliphatic rings. The predicted molar refractivity (Wildman–Crippen MR) is 124 cm³/mol. The highest BCUT2D eigenvalue weighted by Gasteiger charge is 2.51. The predicted octanol–water partition coefficient (Wildman–Crippen LogP) is 2.59. The molecule has 2 rings (SSSR count). The molecule has 0 saturated carbocycles. The molecule has 0 radical (unpaired) electrons. The number of quaternary nitrogens is 1. The van der Waals surface area contributed by atoms with E-state index >= 15 is 0 Å². The van der Waals surface area contributed by atoms with Crippen molar-refractivity contribution in [2.75, 3.05) is 19.8 Å². The molecule has 0 aromatic rings. The SMILES string of the molecule is CCC[C@@H]1C[C@@H](C(=O)NC([C@H](C)Cl)[C@H]2O[C@H](SC)[C@H](C)[C@@H](O)[C@H]2O)[N+](C)(C(C)C)C1.